The van der Waals surface area contributed by atoms with Gasteiger partial charge in [-0.1, -0.05) is 0 Å². The van der Waals surface area contributed by atoms with Crippen molar-refractivity contribution < 1.29 is 21.3 Å². The molecule has 1 unspecified atom stereocenters. The Morgan fingerprint density at radius 2 is 1.00 bits per heavy atom. The van der Waals surface area contributed by atoms with E-state index in [1.54, 1.807) is 17.6 Å². The Labute approximate surface area is 223 Å². The van der Waals surface area contributed by atoms with Crippen LogP contribution in [0.2, 0.25) is 0 Å². The first-order chi connectivity index (χ1) is 17.6. The van der Waals surface area contributed by atoms with Crippen LogP contribution < -0.4 is 0 Å². The van der Waals surface area contributed by atoms with Gasteiger partial charge in [0.05, 0.1) is 0 Å². The molecule has 0 bridgehead atoms. The van der Waals surface area contributed by atoms with Gasteiger partial charge in [-0.2, -0.15) is 0 Å². The SMILES string of the molecule is CC1=C(C)C(C)[C]([Zr](=[C](c2ccccc2)c2ccccc2)[CH]2c3ccccc3-c3ccccc32)=C1C. The van der Waals surface area contributed by atoms with E-state index in [-0.39, 0.29) is 0 Å². The van der Waals surface area contributed by atoms with Crippen LogP contribution in [0.15, 0.2) is 129 Å². The Bertz CT molecular complexity index is 1460. The summed E-state index contributed by atoms with van der Waals surface area (Å²) in [5.41, 5.74) is 13.4. The fraction of sp³-hybridized carbons (Fsp3) is 0.171. The van der Waals surface area contributed by atoms with Gasteiger partial charge in [-0.15, -0.1) is 0 Å². The molecule has 0 aromatic heterocycles. The Hall–Kier alpha value is -2.89. The molecular weight excluding hydrogens is 512 g/mol. The quantitative estimate of drug-likeness (QED) is 0.241. The summed E-state index contributed by atoms with van der Waals surface area (Å²) in [7, 11) is 0. The van der Waals surface area contributed by atoms with Crippen LogP contribution in [0, 0.1) is 5.92 Å². The van der Waals surface area contributed by atoms with Gasteiger partial charge in [0.25, 0.3) is 0 Å². The molecule has 0 amide bonds. The standard InChI is InChI=1S/C13H9.C13H10.C9H13.Zr/c1-3-7-12-10(5-1)9-11-6-2-4-8-13(11)12;1-3-7-12(8-4-1)11-13-9-5-2-6-10-13;1-6-5-7(2)9(4)8(6)3;/h1-9H;1-10H;6H,1-4H3;. The van der Waals surface area contributed by atoms with Gasteiger partial charge >= 0.3 is 224 Å². The maximum atomic E-state index is 2.46. The topological polar surface area (TPSA) is 0 Å². The van der Waals surface area contributed by atoms with Crippen LogP contribution >= 0.6 is 0 Å². The summed E-state index contributed by atoms with van der Waals surface area (Å²) in [5.74, 6) is 0.502. The number of hydrogen-bond acceptors (Lipinski definition) is 0. The zero-order chi connectivity index (χ0) is 24.8. The molecule has 0 radical (unpaired) electrons. The molecule has 6 rings (SSSR count). The predicted molar refractivity (Wildman–Crippen MR) is 150 cm³/mol. The number of fused-ring (bicyclic) bond motifs is 3. The van der Waals surface area contributed by atoms with Crippen molar-refractivity contribution in [3.63, 3.8) is 0 Å². The zero-order valence-corrected chi connectivity index (χ0v) is 24.0. The number of rotatable bonds is 4. The number of allylic oxidation sites excluding steroid dienone is 4. The Morgan fingerprint density at radius 3 is 1.44 bits per heavy atom. The molecule has 0 aliphatic heterocycles. The molecular formula is C35H32Zr. The minimum atomic E-state index is -2.67. The van der Waals surface area contributed by atoms with E-state index in [1.165, 1.54) is 39.0 Å². The van der Waals surface area contributed by atoms with E-state index in [1.807, 2.05) is 0 Å². The zero-order valence-electron chi connectivity index (χ0n) is 21.5. The molecule has 2 aliphatic carbocycles. The first-order valence-electron chi connectivity index (χ1n) is 13.0. The van der Waals surface area contributed by atoms with Crippen LogP contribution in [0.25, 0.3) is 11.1 Å². The Kier molecular flexibility index (Phi) is 6.22. The fourth-order valence-corrected chi connectivity index (χ4v) is 16.8. The molecule has 0 heterocycles. The van der Waals surface area contributed by atoms with Crippen LogP contribution in [0.5, 0.6) is 0 Å². The average Bonchev–Trinajstić information content (AvgIpc) is 3.35. The second kappa shape index (κ2) is 9.53. The third kappa shape index (κ3) is 3.72. The summed E-state index contributed by atoms with van der Waals surface area (Å²) in [5, 5.41) is 0. The van der Waals surface area contributed by atoms with Gasteiger partial charge in [0.2, 0.25) is 0 Å². The molecule has 0 saturated carbocycles. The van der Waals surface area contributed by atoms with Crippen LogP contribution in [0.3, 0.4) is 0 Å². The van der Waals surface area contributed by atoms with Gasteiger partial charge < -0.3 is 0 Å². The third-order valence-electron chi connectivity index (χ3n) is 8.45. The van der Waals surface area contributed by atoms with Crippen LogP contribution in [0.4, 0.5) is 0 Å². The van der Waals surface area contributed by atoms with Crippen LogP contribution in [-0.2, 0) is 21.3 Å². The van der Waals surface area contributed by atoms with E-state index in [0.717, 1.165) is 0 Å². The molecule has 4 aromatic carbocycles. The normalized spacial score (nSPS) is 16.8. The third-order valence-corrected chi connectivity index (χ3v) is 17.6. The molecule has 0 saturated heterocycles. The molecule has 0 spiro atoms. The minimum absolute atomic E-state index is 0.460. The number of benzene rings is 4. The molecule has 0 fully saturated rings. The van der Waals surface area contributed by atoms with E-state index in [2.05, 4.69) is 137 Å². The first kappa shape index (κ1) is 23.5. The van der Waals surface area contributed by atoms with Crippen molar-refractivity contribution in [2.24, 2.45) is 5.92 Å². The molecule has 0 nitrogen and oxygen atoms in total. The van der Waals surface area contributed by atoms with Crippen LogP contribution in [0.1, 0.15) is 53.6 Å². The van der Waals surface area contributed by atoms with E-state index in [0.29, 0.717) is 9.54 Å². The first-order valence-corrected chi connectivity index (χ1v) is 16.9. The monoisotopic (exact) mass is 542 g/mol. The van der Waals surface area contributed by atoms with Gasteiger partial charge in [-0.25, -0.2) is 0 Å². The predicted octanol–water partition coefficient (Wildman–Crippen LogP) is 8.90. The van der Waals surface area contributed by atoms with Crippen molar-refractivity contribution in [2.45, 2.75) is 31.3 Å². The molecule has 1 atom stereocenters. The maximum absolute atomic E-state index is 2.67. The van der Waals surface area contributed by atoms with Gasteiger partial charge in [-0.05, 0) is 0 Å². The Balaban J connectivity index is 1.77. The Morgan fingerprint density at radius 1 is 0.556 bits per heavy atom. The second-order valence-electron chi connectivity index (χ2n) is 10.2. The van der Waals surface area contributed by atoms with E-state index in [9.17, 15) is 0 Å². The average molecular weight is 544 g/mol. The van der Waals surface area contributed by atoms with Gasteiger partial charge in [-0.3, -0.25) is 0 Å². The van der Waals surface area contributed by atoms with Crippen LogP contribution in [-0.4, -0.2) is 3.21 Å². The van der Waals surface area contributed by atoms with Gasteiger partial charge in [0, 0.05) is 0 Å². The van der Waals surface area contributed by atoms with Crippen molar-refractivity contribution >= 4 is 3.21 Å². The van der Waals surface area contributed by atoms with E-state index in [4.69, 9.17) is 0 Å². The summed E-state index contributed by atoms with van der Waals surface area (Å²) in [4.78, 5) is 0. The van der Waals surface area contributed by atoms with Crippen molar-refractivity contribution in [1.29, 1.82) is 0 Å². The van der Waals surface area contributed by atoms with Crippen molar-refractivity contribution in [3.05, 3.63) is 151 Å². The molecule has 176 valence electrons. The summed E-state index contributed by atoms with van der Waals surface area (Å²) in [6.45, 7) is 9.57. The van der Waals surface area contributed by atoms with E-state index < -0.39 is 21.3 Å². The van der Waals surface area contributed by atoms with Crippen molar-refractivity contribution in [2.75, 3.05) is 0 Å². The molecule has 0 N–H and O–H groups in total. The van der Waals surface area contributed by atoms with Crippen molar-refractivity contribution in [1.82, 2.24) is 0 Å². The summed E-state index contributed by atoms with van der Waals surface area (Å²) >= 11 is -2.67. The second-order valence-corrected chi connectivity index (χ2v) is 16.2. The molecule has 2 aliphatic rings. The fourth-order valence-electron chi connectivity index (χ4n) is 6.39. The molecule has 1 heteroatoms. The van der Waals surface area contributed by atoms with Crippen molar-refractivity contribution in [3.8, 4) is 11.1 Å². The van der Waals surface area contributed by atoms with Gasteiger partial charge in [0.15, 0.2) is 0 Å². The van der Waals surface area contributed by atoms with Gasteiger partial charge in [0.1, 0.15) is 0 Å². The molecule has 36 heavy (non-hydrogen) atoms. The number of hydrogen-bond donors (Lipinski definition) is 0. The summed E-state index contributed by atoms with van der Waals surface area (Å²) < 4.78 is 3.85. The summed E-state index contributed by atoms with van der Waals surface area (Å²) in [6, 6.07) is 40.9. The van der Waals surface area contributed by atoms with E-state index >= 15 is 0 Å². The molecule has 4 aromatic rings. The summed E-state index contributed by atoms with van der Waals surface area (Å²) in [6.07, 6.45) is 0.